The second kappa shape index (κ2) is 11.0. The number of nitrogens with zero attached hydrogens (tertiary/aromatic N) is 3. The molecule has 0 saturated carbocycles. The monoisotopic (exact) mass is 472 g/mol. The van der Waals surface area contributed by atoms with Crippen LogP contribution < -0.4 is 19.5 Å². The van der Waals surface area contributed by atoms with Crippen LogP contribution in [0.5, 0.6) is 17.2 Å². The molecule has 0 atom stereocenters. The Bertz CT molecular complexity index is 1310. The highest BCUT2D eigenvalue weighted by atomic mass is 16.5. The molecule has 0 bridgehead atoms. The number of methoxy groups -OCH3 is 3. The zero-order valence-corrected chi connectivity index (χ0v) is 19.5. The Balaban J connectivity index is 1.48. The summed E-state index contributed by atoms with van der Waals surface area (Å²) in [5, 5.41) is 6.93. The molecule has 0 saturated heterocycles. The van der Waals surface area contributed by atoms with Crippen molar-refractivity contribution in [3.63, 3.8) is 0 Å². The van der Waals surface area contributed by atoms with Gasteiger partial charge in [-0.15, -0.1) is 0 Å². The predicted molar refractivity (Wildman–Crippen MR) is 131 cm³/mol. The molecule has 2 heterocycles. The third-order valence-electron chi connectivity index (χ3n) is 5.12. The van der Waals surface area contributed by atoms with Crippen molar-refractivity contribution in [2.45, 2.75) is 6.42 Å². The molecule has 178 valence electrons. The standard InChI is InChI=1S/C26H24N4O5/c1-32-21-13-17(14-22(33-2)25(21)34-3)10-11-23(31)28-20-9-5-4-7-18(20)15-24-29-26(30-35-24)19-8-6-12-27-16-19/h4-14,16H,15H2,1-3H3,(H,28,31)/b11-10+. The molecule has 0 radical (unpaired) electrons. The van der Waals surface area contributed by atoms with Crippen molar-refractivity contribution < 1.29 is 23.5 Å². The van der Waals surface area contributed by atoms with Gasteiger partial charge in [-0.25, -0.2) is 0 Å². The highest BCUT2D eigenvalue weighted by Crippen LogP contribution is 2.38. The first-order valence-corrected chi connectivity index (χ1v) is 10.7. The first kappa shape index (κ1) is 23.5. The van der Waals surface area contributed by atoms with Crippen LogP contribution in [0.4, 0.5) is 5.69 Å². The lowest BCUT2D eigenvalue weighted by Gasteiger charge is -2.12. The van der Waals surface area contributed by atoms with Gasteiger partial charge in [-0.3, -0.25) is 9.78 Å². The van der Waals surface area contributed by atoms with Crippen LogP contribution in [0, 0.1) is 0 Å². The number of rotatable bonds is 9. The summed E-state index contributed by atoms with van der Waals surface area (Å²) in [6.07, 6.45) is 6.81. The maximum absolute atomic E-state index is 12.7. The molecule has 0 unspecified atom stereocenters. The number of benzene rings is 2. The molecule has 4 aromatic rings. The smallest absolute Gasteiger partial charge is 0.248 e. The van der Waals surface area contributed by atoms with Crippen LogP contribution >= 0.6 is 0 Å². The van der Waals surface area contributed by atoms with Crippen molar-refractivity contribution in [1.29, 1.82) is 0 Å². The number of nitrogens with one attached hydrogen (secondary N) is 1. The van der Waals surface area contributed by atoms with E-state index in [1.165, 1.54) is 27.4 Å². The van der Waals surface area contributed by atoms with Crippen molar-refractivity contribution in [2.24, 2.45) is 0 Å². The van der Waals surface area contributed by atoms with Gasteiger partial charge in [0.25, 0.3) is 0 Å². The molecule has 35 heavy (non-hydrogen) atoms. The highest BCUT2D eigenvalue weighted by molar-refractivity contribution is 6.02. The van der Waals surface area contributed by atoms with Gasteiger partial charge in [-0.1, -0.05) is 23.4 Å². The van der Waals surface area contributed by atoms with E-state index in [9.17, 15) is 4.79 Å². The number of aromatic nitrogens is 3. The molecule has 4 rings (SSSR count). The number of hydrogen-bond acceptors (Lipinski definition) is 8. The predicted octanol–water partition coefficient (Wildman–Crippen LogP) is 4.40. The summed E-state index contributed by atoms with van der Waals surface area (Å²) >= 11 is 0. The fourth-order valence-electron chi connectivity index (χ4n) is 3.44. The molecular formula is C26H24N4O5. The van der Waals surface area contributed by atoms with E-state index in [-0.39, 0.29) is 5.91 Å². The summed E-state index contributed by atoms with van der Waals surface area (Å²) in [5.41, 5.74) is 2.97. The normalized spacial score (nSPS) is 10.8. The van der Waals surface area contributed by atoms with Gasteiger partial charge in [-0.05, 0) is 47.5 Å². The molecule has 9 heteroatoms. The minimum absolute atomic E-state index is 0.298. The summed E-state index contributed by atoms with van der Waals surface area (Å²) < 4.78 is 21.5. The molecule has 0 aliphatic heterocycles. The summed E-state index contributed by atoms with van der Waals surface area (Å²) in [4.78, 5) is 21.2. The topological polar surface area (TPSA) is 109 Å². The first-order valence-electron chi connectivity index (χ1n) is 10.7. The van der Waals surface area contributed by atoms with Crippen molar-refractivity contribution in [3.8, 4) is 28.6 Å². The summed E-state index contributed by atoms with van der Waals surface area (Å²) in [7, 11) is 4.61. The van der Waals surface area contributed by atoms with Crippen LogP contribution in [0.25, 0.3) is 17.5 Å². The summed E-state index contributed by atoms with van der Waals surface area (Å²) in [6, 6.07) is 14.6. The van der Waals surface area contributed by atoms with Gasteiger partial charge >= 0.3 is 0 Å². The van der Waals surface area contributed by atoms with Crippen molar-refractivity contribution >= 4 is 17.7 Å². The Morgan fingerprint density at radius 1 is 1.03 bits per heavy atom. The van der Waals surface area contributed by atoms with Crippen LogP contribution in [0.1, 0.15) is 17.0 Å². The zero-order chi connectivity index (χ0) is 24.6. The molecule has 0 aliphatic carbocycles. The second-order valence-electron chi connectivity index (χ2n) is 7.37. The van der Waals surface area contributed by atoms with E-state index in [4.69, 9.17) is 18.7 Å². The van der Waals surface area contributed by atoms with Gasteiger partial charge in [-0.2, -0.15) is 4.98 Å². The fraction of sp³-hybridized carbons (Fsp3) is 0.154. The number of hydrogen-bond donors (Lipinski definition) is 1. The van der Waals surface area contributed by atoms with Gasteiger partial charge in [0.2, 0.25) is 23.4 Å². The highest BCUT2D eigenvalue weighted by Gasteiger charge is 2.14. The number of anilines is 1. The fourth-order valence-corrected chi connectivity index (χ4v) is 3.44. The Labute approximate surface area is 202 Å². The first-order chi connectivity index (χ1) is 17.1. The van der Waals surface area contributed by atoms with E-state index in [0.29, 0.717) is 41.1 Å². The minimum Gasteiger partial charge on any atom is -0.493 e. The van der Waals surface area contributed by atoms with Gasteiger partial charge in [0.15, 0.2) is 11.5 Å². The Morgan fingerprint density at radius 3 is 2.49 bits per heavy atom. The Morgan fingerprint density at radius 2 is 1.80 bits per heavy atom. The number of amides is 1. The average Bonchev–Trinajstić information content (AvgIpc) is 3.37. The van der Waals surface area contributed by atoms with E-state index >= 15 is 0 Å². The molecule has 1 N–H and O–H groups in total. The van der Waals surface area contributed by atoms with E-state index < -0.39 is 0 Å². The Hall–Kier alpha value is -4.66. The lowest BCUT2D eigenvalue weighted by Crippen LogP contribution is -2.10. The maximum Gasteiger partial charge on any atom is 0.248 e. The third kappa shape index (κ3) is 5.64. The molecule has 2 aromatic carbocycles. The number of carbonyl (C=O) groups is 1. The molecule has 1 amide bonds. The van der Waals surface area contributed by atoms with Gasteiger partial charge in [0, 0.05) is 29.7 Å². The van der Waals surface area contributed by atoms with Crippen molar-refractivity contribution in [3.05, 3.63) is 84.0 Å². The molecule has 9 nitrogen and oxygen atoms in total. The Kier molecular flexibility index (Phi) is 7.37. The number of pyridine rings is 1. The quantitative estimate of drug-likeness (QED) is 0.357. The van der Waals surface area contributed by atoms with Crippen LogP contribution in [0.3, 0.4) is 0 Å². The number of para-hydroxylation sites is 1. The van der Waals surface area contributed by atoms with Gasteiger partial charge < -0.3 is 24.1 Å². The van der Waals surface area contributed by atoms with E-state index in [1.807, 2.05) is 36.4 Å². The van der Waals surface area contributed by atoms with Crippen LogP contribution in [-0.2, 0) is 11.2 Å². The zero-order valence-electron chi connectivity index (χ0n) is 19.5. The van der Waals surface area contributed by atoms with Gasteiger partial charge in [0.1, 0.15) is 0 Å². The van der Waals surface area contributed by atoms with E-state index in [2.05, 4.69) is 20.4 Å². The maximum atomic E-state index is 12.7. The van der Waals surface area contributed by atoms with E-state index in [1.54, 1.807) is 30.6 Å². The SMILES string of the molecule is COc1cc(/C=C/C(=O)Nc2ccccc2Cc2nc(-c3cccnc3)no2)cc(OC)c1OC. The molecule has 0 spiro atoms. The minimum atomic E-state index is -0.298. The van der Waals surface area contributed by atoms with Crippen LogP contribution in [0.2, 0.25) is 0 Å². The third-order valence-corrected chi connectivity index (χ3v) is 5.12. The van der Waals surface area contributed by atoms with Crippen molar-refractivity contribution in [2.75, 3.05) is 26.6 Å². The summed E-state index contributed by atoms with van der Waals surface area (Å²) in [6.45, 7) is 0. The molecule has 0 aliphatic rings. The second-order valence-corrected chi connectivity index (χ2v) is 7.37. The largest absolute Gasteiger partial charge is 0.493 e. The van der Waals surface area contributed by atoms with Crippen molar-refractivity contribution in [1.82, 2.24) is 15.1 Å². The average molecular weight is 473 g/mol. The van der Waals surface area contributed by atoms with Crippen LogP contribution in [0.15, 0.2) is 71.5 Å². The summed E-state index contributed by atoms with van der Waals surface area (Å²) in [5.74, 6) is 2.08. The van der Waals surface area contributed by atoms with Gasteiger partial charge in [0.05, 0.1) is 27.8 Å². The lowest BCUT2D eigenvalue weighted by atomic mass is 10.1. The molecule has 2 aromatic heterocycles. The van der Waals surface area contributed by atoms with E-state index in [0.717, 1.165) is 16.7 Å². The molecule has 0 fully saturated rings. The molecular weight excluding hydrogens is 448 g/mol. The number of carbonyl (C=O) groups excluding carboxylic acids is 1. The lowest BCUT2D eigenvalue weighted by molar-refractivity contribution is -0.111. The number of ether oxygens (including phenoxy) is 3. The van der Waals surface area contributed by atoms with Crippen LogP contribution in [-0.4, -0.2) is 42.4 Å².